The summed E-state index contributed by atoms with van der Waals surface area (Å²) >= 11 is 0. The van der Waals surface area contributed by atoms with Crippen molar-refractivity contribution in [1.82, 2.24) is 10.6 Å². The van der Waals surface area contributed by atoms with Crippen molar-refractivity contribution in [3.8, 4) is 0 Å². The quantitative estimate of drug-likeness (QED) is 0.456. The van der Waals surface area contributed by atoms with E-state index in [1.165, 1.54) is 0 Å². The topological polar surface area (TPSA) is 98.7 Å². The van der Waals surface area contributed by atoms with Crippen molar-refractivity contribution < 1.29 is 19.8 Å². The summed E-state index contributed by atoms with van der Waals surface area (Å²) in [6.07, 6.45) is 11.1. The van der Waals surface area contributed by atoms with Gasteiger partial charge in [-0.25, -0.2) is 0 Å². The van der Waals surface area contributed by atoms with Gasteiger partial charge in [0.25, 0.3) is 0 Å². The highest BCUT2D eigenvalue weighted by atomic mass is 16.4. The maximum absolute atomic E-state index is 12.0. The van der Waals surface area contributed by atoms with Gasteiger partial charge in [0.2, 0.25) is 0 Å². The summed E-state index contributed by atoms with van der Waals surface area (Å²) in [6, 6.07) is 0. The molecule has 2 saturated heterocycles. The summed E-state index contributed by atoms with van der Waals surface area (Å²) in [5, 5.41) is 26.5. The predicted octanol–water partition coefficient (Wildman–Crippen LogP) is 4.14. The Morgan fingerprint density at radius 2 is 1.16 bits per heavy atom. The lowest BCUT2D eigenvalue weighted by Gasteiger charge is -2.35. The summed E-state index contributed by atoms with van der Waals surface area (Å²) in [7, 11) is 0. The van der Waals surface area contributed by atoms with Crippen molar-refractivity contribution in [2.45, 2.75) is 84.5 Å². The Kier molecular flexibility index (Phi) is 8.42. The molecule has 6 atom stereocenters. The van der Waals surface area contributed by atoms with Crippen molar-refractivity contribution in [2.24, 2.45) is 34.5 Å². The number of hydrogen-bond donors (Lipinski definition) is 4. The van der Waals surface area contributed by atoms with Crippen molar-refractivity contribution in [1.29, 1.82) is 0 Å². The third kappa shape index (κ3) is 6.67. The van der Waals surface area contributed by atoms with Crippen LogP contribution in [0, 0.1) is 34.5 Å². The van der Waals surface area contributed by atoms with Gasteiger partial charge in [-0.15, -0.1) is 0 Å². The molecule has 178 valence electrons. The molecule has 6 heteroatoms. The van der Waals surface area contributed by atoms with E-state index in [1.807, 2.05) is 0 Å². The molecule has 3 aliphatic rings. The minimum Gasteiger partial charge on any atom is -0.481 e. The van der Waals surface area contributed by atoms with Gasteiger partial charge in [-0.1, -0.05) is 33.1 Å². The average Bonchev–Trinajstić information content (AvgIpc) is 3.42. The van der Waals surface area contributed by atoms with Crippen LogP contribution in [0.3, 0.4) is 0 Å². The molecule has 31 heavy (non-hydrogen) atoms. The Hall–Kier alpha value is -1.14. The average molecular weight is 437 g/mol. The SMILES string of the molecule is CC1(CC(C(=O)O)C2CCNC2)CCCCC(C)(CC(C(=O)O)C2CCNC2)CCC1. The molecule has 2 heterocycles. The van der Waals surface area contributed by atoms with Crippen molar-refractivity contribution >= 4 is 11.9 Å². The molecule has 6 unspecified atom stereocenters. The fourth-order valence-electron chi connectivity index (χ4n) is 6.72. The first-order valence-corrected chi connectivity index (χ1v) is 12.6. The molecule has 0 spiro atoms. The number of carboxylic acids is 2. The zero-order valence-electron chi connectivity index (χ0n) is 19.6. The Bertz CT molecular complexity index is 563. The standard InChI is InChI=1S/C25H44N2O4/c1-24(14-20(22(28)29)18-6-12-26-16-18)8-3-4-9-25(2,11-5-10-24)15-21(23(30)31)19-7-13-27-17-19/h18-21,26-27H,3-17H2,1-2H3,(H,28,29)(H,30,31). The van der Waals surface area contributed by atoms with Gasteiger partial charge in [0.1, 0.15) is 0 Å². The van der Waals surface area contributed by atoms with Gasteiger partial charge in [0.05, 0.1) is 11.8 Å². The van der Waals surface area contributed by atoms with Crippen LogP contribution in [0.4, 0.5) is 0 Å². The maximum Gasteiger partial charge on any atom is 0.306 e. The van der Waals surface area contributed by atoms with E-state index in [1.54, 1.807) is 0 Å². The van der Waals surface area contributed by atoms with E-state index in [0.717, 1.165) is 96.8 Å². The minimum atomic E-state index is -0.630. The monoisotopic (exact) mass is 436 g/mol. The molecule has 3 fully saturated rings. The summed E-state index contributed by atoms with van der Waals surface area (Å²) in [5.74, 6) is -1.26. The molecule has 3 rings (SSSR count). The highest BCUT2D eigenvalue weighted by Crippen LogP contribution is 2.46. The molecule has 0 amide bonds. The van der Waals surface area contributed by atoms with Crippen LogP contribution in [0.25, 0.3) is 0 Å². The summed E-state index contributed by atoms with van der Waals surface area (Å²) in [6.45, 7) is 8.14. The molecule has 0 aromatic carbocycles. The van der Waals surface area contributed by atoms with E-state index < -0.39 is 11.9 Å². The lowest BCUT2D eigenvalue weighted by molar-refractivity contribution is -0.145. The Morgan fingerprint density at radius 1 is 0.774 bits per heavy atom. The van der Waals surface area contributed by atoms with Crippen LogP contribution in [0.2, 0.25) is 0 Å². The first-order valence-electron chi connectivity index (χ1n) is 12.6. The van der Waals surface area contributed by atoms with Crippen LogP contribution in [0.1, 0.15) is 84.5 Å². The van der Waals surface area contributed by atoms with Gasteiger partial charge < -0.3 is 20.8 Å². The molecule has 0 aromatic rings. The Balaban J connectivity index is 1.63. The molecule has 1 aliphatic carbocycles. The van der Waals surface area contributed by atoms with Crippen LogP contribution < -0.4 is 10.6 Å². The van der Waals surface area contributed by atoms with Crippen molar-refractivity contribution in [2.75, 3.05) is 26.2 Å². The first kappa shape index (κ1) is 24.5. The summed E-state index contributed by atoms with van der Waals surface area (Å²) in [5.41, 5.74) is 0.136. The number of nitrogens with one attached hydrogen (secondary N) is 2. The minimum absolute atomic E-state index is 0.0679. The molecule has 4 N–H and O–H groups in total. The number of carbonyl (C=O) groups is 2. The second kappa shape index (κ2) is 10.7. The predicted molar refractivity (Wildman–Crippen MR) is 122 cm³/mol. The zero-order valence-corrected chi connectivity index (χ0v) is 19.6. The molecular weight excluding hydrogens is 392 g/mol. The van der Waals surface area contributed by atoms with Gasteiger partial charge in [0.15, 0.2) is 0 Å². The van der Waals surface area contributed by atoms with Gasteiger partial charge >= 0.3 is 11.9 Å². The maximum atomic E-state index is 12.0. The molecular formula is C25H44N2O4. The number of carboxylic acid groups (broad SMARTS) is 2. The van der Waals surface area contributed by atoms with Crippen LogP contribution in [0.15, 0.2) is 0 Å². The van der Waals surface area contributed by atoms with E-state index >= 15 is 0 Å². The Labute approximate surface area is 187 Å². The van der Waals surface area contributed by atoms with Crippen LogP contribution in [-0.4, -0.2) is 48.3 Å². The smallest absolute Gasteiger partial charge is 0.306 e. The van der Waals surface area contributed by atoms with Crippen molar-refractivity contribution in [3.63, 3.8) is 0 Å². The second-order valence-electron chi connectivity index (χ2n) is 11.5. The molecule has 0 radical (unpaired) electrons. The van der Waals surface area contributed by atoms with Gasteiger partial charge in [-0.2, -0.15) is 0 Å². The largest absolute Gasteiger partial charge is 0.481 e. The third-order valence-corrected chi connectivity index (χ3v) is 8.77. The number of rotatable bonds is 8. The molecule has 2 aliphatic heterocycles. The van der Waals surface area contributed by atoms with E-state index in [4.69, 9.17) is 0 Å². The van der Waals surface area contributed by atoms with E-state index in [0.29, 0.717) is 0 Å². The normalized spacial score (nSPS) is 36.8. The van der Waals surface area contributed by atoms with Gasteiger partial charge in [-0.3, -0.25) is 9.59 Å². The zero-order chi connectivity index (χ0) is 22.5. The lowest BCUT2D eigenvalue weighted by Crippen LogP contribution is -2.32. The van der Waals surface area contributed by atoms with E-state index in [-0.39, 0.29) is 34.5 Å². The molecule has 6 nitrogen and oxygen atoms in total. The van der Waals surface area contributed by atoms with E-state index in [9.17, 15) is 19.8 Å². The number of hydrogen-bond acceptors (Lipinski definition) is 4. The Morgan fingerprint density at radius 3 is 1.48 bits per heavy atom. The lowest BCUT2D eigenvalue weighted by atomic mass is 9.69. The van der Waals surface area contributed by atoms with Crippen LogP contribution >= 0.6 is 0 Å². The van der Waals surface area contributed by atoms with Crippen LogP contribution in [-0.2, 0) is 9.59 Å². The van der Waals surface area contributed by atoms with Gasteiger partial charge in [-0.05, 0) is 100 Å². The molecule has 0 aromatic heterocycles. The first-order chi connectivity index (χ1) is 14.7. The second-order valence-corrected chi connectivity index (χ2v) is 11.5. The van der Waals surface area contributed by atoms with Crippen molar-refractivity contribution in [3.05, 3.63) is 0 Å². The fraction of sp³-hybridized carbons (Fsp3) is 0.920. The van der Waals surface area contributed by atoms with Crippen LogP contribution in [0.5, 0.6) is 0 Å². The summed E-state index contributed by atoms with van der Waals surface area (Å²) < 4.78 is 0. The highest BCUT2D eigenvalue weighted by Gasteiger charge is 2.40. The van der Waals surface area contributed by atoms with E-state index in [2.05, 4.69) is 24.5 Å². The highest BCUT2D eigenvalue weighted by molar-refractivity contribution is 5.71. The molecule has 0 bridgehead atoms. The third-order valence-electron chi connectivity index (χ3n) is 8.77. The molecule has 1 saturated carbocycles. The van der Waals surface area contributed by atoms with Gasteiger partial charge in [0, 0.05) is 0 Å². The number of aliphatic carboxylic acids is 2. The fourth-order valence-corrected chi connectivity index (χ4v) is 6.72. The summed E-state index contributed by atoms with van der Waals surface area (Å²) in [4.78, 5) is 24.1.